The zero-order valence-electron chi connectivity index (χ0n) is 9.24. The predicted molar refractivity (Wildman–Crippen MR) is 67.3 cm³/mol. The Morgan fingerprint density at radius 2 is 2.31 bits per heavy atom. The quantitative estimate of drug-likeness (QED) is 0.845. The minimum Gasteiger partial charge on any atom is -0.481 e. The molecule has 0 aliphatic carbocycles. The number of hydrogen-bond acceptors (Lipinski definition) is 2. The van der Waals surface area contributed by atoms with Crippen molar-refractivity contribution in [1.82, 2.24) is 5.32 Å². The van der Waals surface area contributed by atoms with Crippen LogP contribution in [0.5, 0.6) is 0 Å². The standard InChI is InChI=1S/C12H16BrNO2/c1-2-10(12(15)16)8-14-7-9-4-3-5-11(13)6-9/h3-6,10,14H,2,7-8H2,1H3,(H,15,16). The van der Waals surface area contributed by atoms with Gasteiger partial charge in [-0.15, -0.1) is 0 Å². The topological polar surface area (TPSA) is 49.3 Å². The molecule has 0 fully saturated rings. The van der Waals surface area contributed by atoms with E-state index in [1.54, 1.807) is 0 Å². The fourth-order valence-corrected chi connectivity index (χ4v) is 1.89. The number of halogens is 1. The highest BCUT2D eigenvalue weighted by molar-refractivity contribution is 9.10. The molecule has 1 aromatic rings. The molecule has 16 heavy (non-hydrogen) atoms. The van der Waals surface area contributed by atoms with Gasteiger partial charge in [-0.3, -0.25) is 4.79 Å². The van der Waals surface area contributed by atoms with E-state index in [4.69, 9.17) is 5.11 Å². The van der Waals surface area contributed by atoms with Gasteiger partial charge in [0.05, 0.1) is 5.92 Å². The number of benzene rings is 1. The average Bonchev–Trinajstić information content (AvgIpc) is 2.24. The van der Waals surface area contributed by atoms with Gasteiger partial charge in [-0.2, -0.15) is 0 Å². The third kappa shape index (κ3) is 4.33. The predicted octanol–water partition coefficient (Wildman–Crippen LogP) is 2.65. The van der Waals surface area contributed by atoms with Gasteiger partial charge < -0.3 is 10.4 Å². The van der Waals surface area contributed by atoms with Gasteiger partial charge >= 0.3 is 5.97 Å². The Morgan fingerprint density at radius 1 is 1.56 bits per heavy atom. The molecule has 1 atom stereocenters. The average molecular weight is 286 g/mol. The van der Waals surface area contributed by atoms with Gasteiger partial charge in [0.25, 0.3) is 0 Å². The van der Waals surface area contributed by atoms with Crippen molar-refractivity contribution in [2.75, 3.05) is 6.54 Å². The van der Waals surface area contributed by atoms with E-state index in [1.165, 1.54) is 0 Å². The Labute approximate surface area is 104 Å². The van der Waals surface area contributed by atoms with Crippen LogP contribution in [0.25, 0.3) is 0 Å². The molecule has 0 aliphatic heterocycles. The van der Waals surface area contributed by atoms with Crippen LogP contribution < -0.4 is 5.32 Å². The molecule has 88 valence electrons. The van der Waals surface area contributed by atoms with E-state index in [0.29, 0.717) is 19.5 Å². The minimum absolute atomic E-state index is 0.299. The van der Waals surface area contributed by atoms with Gasteiger partial charge in [-0.05, 0) is 24.1 Å². The van der Waals surface area contributed by atoms with Crippen LogP contribution in [0.4, 0.5) is 0 Å². The number of carbonyl (C=O) groups is 1. The van der Waals surface area contributed by atoms with Crippen molar-refractivity contribution >= 4 is 21.9 Å². The van der Waals surface area contributed by atoms with E-state index in [-0.39, 0.29) is 5.92 Å². The lowest BCUT2D eigenvalue weighted by Gasteiger charge is -2.11. The number of aliphatic carboxylic acids is 1. The van der Waals surface area contributed by atoms with Crippen molar-refractivity contribution in [3.63, 3.8) is 0 Å². The molecular formula is C12H16BrNO2. The Bertz CT molecular complexity index is 355. The molecule has 1 rings (SSSR count). The molecule has 0 aliphatic rings. The van der Waals surface area contributed by atoms with Crippen LogP contribution in [0.1, 0.15) is 18.9 Å². The molecule has 3 nitrogen and oxygen atoms in total. The largest absolute Gasteiger partial charge is 0.481 e. The van der Waals surface area contributed by atoms with Crippen molar-refractivity contribution in [2.45, 2.75) is 19.9 Å². The molecule has 1 unspecified atom stereocenters. The summed E-state index contributed by atoms with van der Waals surface area (Å²) in [6.45, 7) is 3.10. The highest BCUT2D eigenvalue weighted by Gasteiger charge is 2.13. The number of carboxylic acids is 1. The highest BCUT2D eigenvalue weighted by atomic mass is 79.9. The second-order valence-electron chi connectivity index (χ2n) is 3.70. The fourth-order valence-electron chi connectivity index (χ4n) is 1.44. The summed E-state index contributed by atoms with van der Waals surface area (Å²) in [7, 11) is 0. The van der Waals surface area contributed by atoms with Crippen LogP contribution in [-0.2, 0) is 11.3 Å². The molecule has 1 aromatic carbocycles. The van der Waals surface area contributed by atoms with E-state index in [0.717, 1.165) is 10.0 Å². The molecule has 2 N–H and O–H groups in total. The Balaban J connectivity index is 2.38. The number of nitrogens with one attached hydrogen (secondary N) is 1. The second-order valence-corrected chi connectivity index (χ2v) is 4.62. The van der Waals surface area contributed by atoms with Crippen molar-refractivity contribution in [2.24, 2.45) is 5.92 Å². The van der Waals surface area contributed by atoms with Gasteiger partial charge in [0, 0.05) is 17.6 Å². The molecular weight excluding hydrogens is 270 g/mol. The first-order valence-electron chi connectivity index (χ1n) is 5.31. The number of carboxylic acid groups (broad SMARTS) is 1. The van der Waals surface area contributed by atoms with Crippen LogP contribution in [0.15, 0.2) is 28.7 Å². The zero-order chi connectivity index (χ0) is 12.0. The fraction of sp³-hybridized carbons (Fsp3) is 0.417. The van der Waals surface area contributed by atoms with Crippen LogP contribution in [0, 0.1) is 5.92 Å². The molecule has 0 heterocycles. The second kappa shape index (κ2) is 6.66. The minimum atomic E-state index is -0.732. The van der Waals surface area contributed by atoms with E-state index < -0.39 is 5.97 Å². The first-order chi connectivity index (χ1) is 7.63. The summed E-state index contributed by atoms with van der Waals surface area (Å²) in [5, 5.41) is 12.0. The summed E-state index contributed by atoms with van der Waals surface area (Å²) in [5.74, 6) is -1.03. The van der Waals surface area contributed by atoms with Crippen LogP contribution in [0.3, 0.4) is 0 Å². The van der Waals surface area contributed by atoms with Gasteiger partial charge in [0.15, 0.2) is 0 Å². The van der Waals surface area contributed by atoms with Crippen LogP contribution in [0.2, 0.25) is 0 Å². The van der Waals surface area contributed by atoms with Crippen LogP contribution >= 0.6 is 15.9 Å². The maximum Gasteiger partial charge on any atom is 0.307 e. The maximum absolute atomic E-state index is 10.8. The van der Waals surface area contributed by atoms with E-state index >= 15 is 0 Å². The van der Waals surface area contributed by atoms with Gasteiger partial charge in [-0.25, -0.2) is 0 Å². The lowest BCUT2D eigenvalue weighted by Crippen LogP contribution is -2.27. The lowest BCUT2D eigenvalue weighted by molar-refractivity contribution is -0.141. The molecule has 0 bridgehead atoms. The third-order valence-electron chi connectivity index (χ3n) is 2.45. The summed E-state index contributed by atoms with van der Waals surface area (Å²) in [5.41, 5.74) is 1.15. The van der Waals surface area contributed by atoms with Gasteiger partial charge in [-0.1, -0.05) is 35.0 Å². The Kier molecular flexibility index (Phi) is 5.49. The summed E-state index contributed by atoms with van der Waals surface area (Å²) in [4.78, 5) is 10.8. The molecule has 0 amide bonds. The number of hydrogen-bond donors (Lipinski definition) is 2. The van der Waals surface area contributed by atoms with Crippen molar-refractivity contribution in [3.8, 4) is 0 Å². The smallest absolute Gasteiger partial charge is 0.307 e. The van der Waals surface area contributed by atoms with Gasteiger partial charge in [0.2, 0.25) is 0 Å². The van der Waals surface area contributed by atoms with Crippen molar-refractivity contribution < 1.29 is 9.90 Å². The van der Waals surface area contributed by atoms with E-state index in [9.17, 15) is 4.79 Å². The maximum atomic E-state index is 10.8. The van der Waals surface area contributed by atoms with Crippen molar-refractivity contribution in [3.05, 3.63) is 34.3 Å². The lowest BCUT2D eigenvalue weighted by atomic mass is 10.1. The third-order valence-corrected chi connectivity index (χ3v) is 2.94. The summed E-state index contributed by atoms with van der Waals surface area (Å²) in [6, 6.07) is 7.97. The SMILES string of the molecule is CCC(CNCc1cccc(Br)c1)C(=O)O. The summed E-state index contributed by atoms with van der Waals surface area (Å²) in [6.07, 6.45) is 0.654. The Morgan fingerprint density at radius 3 is 2.88 bits per heavy atom. The molecule has 0 saturated carbocycles. The monoisotopic (exact) mass is 285 g/mol. The zero-order valence-corrected chi connectivity index (χ0v) is 10.8. The first kappa shape index (κ1) is 13.2. The molecule has 0 spiro atoms. The highest BCUT2D eigenvalue weighted by Crippen LogP contribution is 2.11. The molecule has 0 aromatic heterocycles. The summed E-state index contributed by atoms with van der Waals surface area (Å²) >= 11 is 3.40. The summed E-state index contributed by atoms with van der Waals surface area (Å²) < 4.78 is 1.04. The van der Waals surface area contributed by atoms with Crippen LogP contribution in [-0.4, -0.2) is 17.6 Å². The molecule has 0 radical (unpaired) electrons. The van der Waals surface area contributed by atoms with Gasteiger partial charge in [0.1, 0.15) is 0 Å². The normalized spacial score (nSPS) is 12.4. The van der Waals surface area contributed by atoms with E-state index in [2.05, 4.69) is 21.2 Å². The number of rotatable bonds is 6. The Hall–Kier alpha value is -0.870. The molecule has 0 saturated heterocycles. The molecule has 4 heteroatoms. The van der Waals surface area contributed by atoms with Crippen molar-refractivity contribution in [1.29, 1.82) is 0 Å². The first-order valence-corrected chi connectivity index (χ1v) is 6.10. The van der Waals surface area contributed by atoms with E-state index in [1.807, 2.05) is 31.2 Å².